The molecule has 0 radical (unpaired) electrons. The Hall–Kier alpha value is -2.55. The van der Waals surface area contributed by atoms with Gasteiger partial charge in [-0.05, 0) is 32.9 Å². The van der Waals surface area contributed by atoms with Crippen molar-refractivity contribution in [3.8, 4) is 11.8 Å². The molecule has 0 aliphatic rings. The number of hydrogen-bond acceptors (Lipinski definition) is 5. The predicted molar refractivity (Wildman–Crippen MR) is 76.7 cm³/mol. The average Bonchev–Trinajstić information content (AvgIpc) is 2.41. The third-order valence-corrected chi connectivity index (χ3v) is 2.13. The van der Waals surface area contributed by atoms with Crippen molar-refractivity contribution < 1.29 is 19.1 Å². The molecular weight excluding hydrogens is 272 g/mol. The Morgan fingerprint density at radius 2 is 2.10 bits per heavy atom. The number of nitrogens with one attached hydrogen (secondary N) is 1. The van der Waals surface area contributed by atoms with Crippen molar-refractivity contribution in [3.63, 3.8) is 0 Å². The highest BCUT2D eigenvalue weighted by Gasteiger charge is 2.15. The molecule has 1 N–H and O–H groups in total. The largest absolute Gasteiger partial charge is 0.464 e. The fraction of sp³-hybridized carbons (Fsp3) is 0.400. The second-order valence-electron chi connectivity index (χ2n) is 5.05. The average molecular weight is 290 g/mol. The lowest BCUT2D eigenvalue weighted by atomic mass is 10.2. The first kappa shape index (κ1) is 16.5. The number of carbonyl (C=O) groups is 2. The maximum absolute atomic E-state index is 11.5. The third-order valence-electron chi connectivity index (χ3n) is 2.13. The Bertz CT molecular complexity index is 579. The second kappa shape index (κ2) is 7.29. The number of pyridine rings is 1. The molecule has 0 fully saturated rings. The topological polar surface area (TPSA) is 77.5 Å². The summed E-state index contributed by atoms with van der Waals surface area (Å²) >= 11 is 0. The summed E-state index contributed by atoms with van der Waals surface area (Å²) in [5, 5.41) is 2.50. The summed E-state index contributed by atoms with van der Waals surface area (Å²) < 4.78 is 9.68. The van der Waals surface area contributed by atoms with Gasteiger partial charge in [-0.25, -0.2) is 14.6 Å². The van der Waals surface area contributed by atoms with E-state index in [0.29, 0.717) is 5.56 Å². The standard InChI is InChI=1S/C15H18N2O4/c1-15(2,3)21-14(19)17-10-6-8-11-7-5-9-16-12(11)13(18)20-4/h5,7,9H,10H2,1-4H3,(H,17,19). The fourth-order valence-electron chi connectivity index (χ4n) is 1.34. The molecule has 1 heterocycles. The third kappa shape index (κ3) is 5.95. The summed E-state index contributed by atoms with van der Waals surface area (Å²) in [7, 11) is 1.28. The Balaban J connectivity index is 2.64. The van der Waals surface area contributed by atoms with Crippen LogP contribution in [0.2, 0.25) is 0 Å². The second-order valence-corrected chi connectivity index (χ2v) is 5.05. The van der Waals surface area contributed by atoms with Crippen molar-refractivity contribution in [1.29, 1.82) is 0 Å². The number of methoxy groups -OCH3 is 1. The molecule has 1 rings (SSSR count). The normalized spacial score (nSPS) is 10.1. The molecule has 0 unspecified atom stereocenters. The molecule has 6 nitrogen and oxygen atoms in total. The monoisotopic (exact) mass is 290 g/mol. The van der Waals surface area contributed by atoms with Crippen LogP contribution in [0.25, 0.3) is 0 Å². The van der Waals surface area contributed by atoms with Gasteiger partial charge in [0.05, 0.1) is 19.2 Å². The van der Waals surface area contributed by atoms with Gasteiger partial charge in [-0.1, -0.05) is 11.8 Å². The summed E-state index contributed by atoms with van der Waals surface area (Å²) in [6, 6.07) is 3.32. The van der Waals surface area contributed by atoms with Crippen molar-refractivity contribution in [3.05, 3.63) is 29.6 Å². The highest BCUT2D eigenvalue weighted by atomic mass is 16.6. The van der Waals surface area contributed by atoms with E-state index < -0.39 is 17.7 Å². The van der Waals surface area contributed by atoms with E-state index in [4.69, 9.17) is 4.74 Å². The van der Waals surface area contributed by atoms with E-state index in [1.54, 1.807) is 32.9 Å². The molecule has 0 saturated carbocycles. The van der Waals surface area contributed by atoms with Crippen molar-refractivity contribution >= 4 is 12.1 Å². The molecule has 0 spiro atoms. The van der Waals surface area contributed by atoms with Crippen molar-refractivity contribution in [2.45, 2.75) is 26.4 Å². The van der Waals surface area contributed by atoms with Gasteiger partial charge in [0.2, 0.25) is 0 Å². The number of carbonyl (C=O) groups excluding carboxylic acids is 2. The molecule has 112 valence electrons. The molecule has 0 bridgehead atoms. The van der Waals surface area contributed by atoms with Gasteiger partial charge >= 0.3 is 12.1 Å². The van der Waals surface area contributed by atoms with Gasteiger partial charge in [0.25, 0.3) is 0 Å². The zero-order valence-electron chi connectivity index (χ0n) is 12.5. The van der Waals surface area contributed by atoms with Crippen molar-refractivity contribution in [2.24, 2.45) is 0 Å². The van der Waals surface area contributed by atoms with Crippen LogP contribution >= 0.6 is 0 Å². The molecule has 0 aliphatic carbocycles. The molecule has 21 heavy (non-hydrogen) atoms. The lowest BCUT2D eigenvalue weighted by Gasteiger charge is -2.19. The number of aromatic nitrogens is 1. The van der Waals surface area contributed by atoms with Crippen LogP contribution in [-0.2, 0) is 9.47 Å². The minimum absolute atomic E-state index is 0.102. The number of rotatable bonds is 2. The summed E-state index contributed by atoms with van der Waals surface area (Å²) in [4.78, 5) is 26.8. The Morgan fingerprint density at radius 3 is 2.71 bits per heavy atom. The van der Waals surface area contributed by atoms with Crippen LogP contribution in [0.3, 0.4) is 0 Å². The summed E-state index contributed by atoms with van der Waals surface area (Å²) in [6.07, 6.45) is 0.937. The fourth-order valence-corrected chi connectivity index (χ4v) is 1.34. The summed E-state index contributed by atoms with van der Waals surface area (Å²) in [6.45, 7) is 5.42. The van der Waals surface area contributed by atoms with E-state index in [9.17, 15) is 9.59 Å². The van der Waals surface area contributed by atoms with Gasteiger partial charge in [0.15, 0.2) is 5.69 Å². The van der Waals surface area contributed by atoms with Crippen LogP contribution in [0.5, 0.6) is 0 Å². The molecule has 0 saturated heterocycles. The molecule has 0 aliphatic heterocycles. The first-order chi connectivity index (χ1) is 9.83. The molecule has 0 aromatic carbocycles. The van der Waals surface area contributed by atoms with Crippen LogP contribution in [0, 0.1) is 11.8 Å². The van der Waals surface area contributed by atoms with E-state index in [1.165, 1.54) is 13.3 Å². The van der Waals surface area contributed by atoms with Crippen LogP contribution in [-0.4, -0.2) is 36.3 Å². The van der Waals surface area contributed by atoms with E-state index in [2.05, 4.69) is 26.9 Å². The van der Waals surface area contributed by atoms with E-state index in [-0.39, 0.29) is 12.2 Å². The van der Waals surface area contributed by atoms with Crippen LogP contribution < -0.4 is 5.32 Å². The van der Waals surface area contributed by atoms with Crippen LogP contribution in [0.4, 0.5) is 4.79 Å². The number of esters is 1. The van der Waals surface area contributed by atoms with Gasteiger partial charge in [-0.2, -0.15) is 0 Å². The quantitative estimate of drug-likeness (QED) is 0.663. The van der Waals surface area contributed by atoms with Gasteiger partial charge < -0.3 is 14.8 Å². The summed E-state index contributed by atoms with van der Waals surface area (Å²) in [5.41, 5.74) is 0.0268. The Morgan fingerprint density at radius 1 is 1.38 bits per heavy atom. The lowest BCUT2D eigenvalue weighted by molar-refractivity contribution is 0.0533. The van der Waals surface area contributed by atoms with Crippen LogP contribution in [0.1, 0.15) is 36.8 Å². The number of hydrogen-bond donors (Lipinski definition) is 1. The number of nitrogens with zero attached hydrogens (tertiary/aromatic N) is 1. The molecule has 1 amide bonds. The van der Waals surface area contributed by atoms with Gasteiger partial charge in [0, 0.05) is 6.20 Å². The van der Waals surface area contributed by atoms with Gasteiger partial charge in [0.1, 0.15) is 5.60 Å². The Kier molecular flexibility index (Phi) is 5.73. The highest BCUT2D eigenvalue weighted by Crippen LogP contribution is 2.06. The van der Waals surface area contributed by atoms with E-state index in [0.717, 1.165) is 0 Å². The lowest BCUT2D eigenvalue weighted by Crippen LogP contribution is -2.32. The van der Waals surface area contributed by atoms with Crippen LogP contribution in [0.15, 0.2) is 18.3 Å². The van der Waals surface area contributed by atoms with Gasteiger partial charge in [-0.15, -0.1) is 0 Å². The van der Waals surface area contributed by atoms with Crippen molar-refractivity contribution in [2.75, 3.05) is 13.7 Å². The maximum atomic E-state index is 11.5. The maximum Gasteiger partial charge on any atom is 0.408 e. The number of alkyl carbamates (subject to hydrolysis) is 1. The van der Waals surface area contributed by atoms with E-state index >= 15 is 0 Å². The molecule has 1 aromatic rings. The minimum atomic E-state index is -0.557. The zero-order valence-corrected chi connectivity index (χ0v) is 12.5. The SMILES string of the molecule is COC(=O)c1ncccc1C#CCNC(=O)OC(C)(C)C. The predicted octanol–water partition coefficient (Wildman–Crippen LogP) is 1.74. The molecule has 1 aromatic heterocycles. The van der Waals surface area contributed by atoms with Gasteiger partial charge in [-0.3, -0.25) is 0 Å². The minimum Gasteiger partial charge on any atom is -0.464 e. The first-order valence-electron chi connectivity index (χ1n) is 6.32. The highest BCUT2D eigenvalue weighted by molar-refractivity contribution is 5.90. The zero-order chi connectivity index (χ0) is 15.9. The molecule has 0 atom stereocenters. The molecule has 6 heteroatoms. The first-order valence-corrected chi connectivity index (χ1v) is 6.32. The number of ether oxygens (including phenoxy) is 2. The smallest absolute Gasteiger partial charge is 0.408 e. The number of amides is 1. The molecular formula is C15H18N2O4. The van der Waals surface area contributed by atoms with Crippen molar-refractivity contribution in [1.82, 2.24) is 10.3 Å². The van der Waals surface area contributed by atoms with E-state index in [1.807, 2.05) is 0 Å². The Labute approximate surface area is 123 Å². The summed E-state index contributed by atoms with van der Waals surface area (Å²) in [5.74, 6) is 4.94.